The summed E-state index contributed by atoms with van der Waals surface area (Å²) in [6.07, 6.45) is 3.55. The maximum Gasteiger partial charge on any atom is 0.250 e. The standard InChI is InChI=1S/C18H28N2O3/c1-4-5-9-23-16-11-15(18(16,2)3)19-13-7-6-8-14(10-13)20-17(22)12-21/h6-8,10,15-16,19,21H,4-5,9,11-12H2,1-3H3,(H,20,22). The summed E-state index contributed by atoms with van der Waals surface area (Å²) in [6.45, 7) is 6.94. The first kappa shape index (κ1) is 17.8. The van der Waals surface area contributed by atoms with E-state index in [2.05, 4.69) is 31.4 Å². The van der Waals surface area contributed by atoms with E-state index in [1.54, 1.807) is 6.07 Å². The van der Waals surface area contributed by atoms with Crippen LogP contribution >= 0.6 is 0 Å². The molecule has 0 spiro atoms. The van der Waals surface area contributed by atoms with Crippen molar-refractivity contribution in [3.63, 3.8) is 0 Å². The minimum absolute atomic E-state index is 0.0814. The molecule has 3 N–H and O–H groups in total. The fraction of sp³-hybridized carbons (Fsp3) is 0.611. The second-order valence-electron chi connectivity index (χ2n) is 6.75. The van der Waals surface area contributed by atoms with Crippen LogP contribution in [0.25, 0.3) is 0 Å². The van der Waals surface area contributed by atoms with Gasteiger partial charge in [-0.25, -0.2) is 0 Å². The number of aliphatic hydroxyl groups is 1. The van der Waals surface area contributed by atoms with Gasteiger partial charge < -0.3 is 20.5 Å². The Labute approximate surface area is 138 Å². The molecule has 5 heteroatoms. The summed E-state index contributed by atoms with van der Waals surface area (Å²) < 4.78 is 5.97. The van der Waals surface area contributed by atoms with E-state index < -0.39 is 12.5 Å². The third kappa shape index (κ3) is 4.45. The molecule has 23 heavy (non-hydrogen) atoms. The average Bonchev–Trinajstić information content (AvgIpc) is 2.53. The van der Waals surface area contributed by atoms with Crippen molar-refractivity contribution in [2.75, 3.05) is 23.8 Å². The predicted molar refractivity (Wildman–Crippen MR) is 92.6 cm³/mol. The lowest BCUT2D eigenvalue weighted by Gasteiger charge is -2.52. The highest BCUT2D eigenvalue weighted by Crippen LogP contribution is 2.44. The Bertz CT molecular complexity index is 531. The van der Waals surface area contributed by atoms with Gasteiger partial charge in [-0.3, -0.25) is 4.79 Å². The van der Waals surface area contributed by atoms with Gasteiger partial charge >= 0.3 is 0 Å². The monoisotopic (exact) mass is 320 g/mol. The summed E-state index contributed by atoms with van der Waals surface area (Å²) in [6, 6.07) is 7.90. The summed E-state index contributed by atoms with van der Waals surface area (Å²) in [5.74, 6) is -0.407. The Morgan fingerprint density at radius 2 is 2.13 bits per heavy atom. The second kappa shape index (κ2) is 7.79. The molecule has 0 bridgehead atoms. The Kier molecular flexibility index (Phi) is 6.02. The van der Waals surface area contributed by atoms with E-state index in [1.807, 2.05) is 18.2 Å². The number of rotatable bonds is 8. The van der Waals surface area contributed by atoms with Gasteiger partial charge in [-0.1, -0.05) is 33.3 Å². The van der Waals surface area contributed by atoms with Gasteiger partial charge in [0.05, 0.1) is 6.10 Å². The van der Waals surface area contributed by atoms with Crippen LogP contribution in [0.1, 0.15) is 40.0 Å². The molecule has 0 aliphatic heterocycles. The highest BCUT2D eigenvalue weighted by atomic mass is 16.5. The van der Waals surface area contributed by atoms with Gasteiger partial charge in [0.2, 0.25) is 5.91 Å². The number of aliphatic hydroxyl groups excluding tert-OH is 1. The van der Waals surface area contributed by atoms with E-state index in [0.717, 1.165) is 31.6 Å². The summed E-state index contributed by atoms with van der Waals surface area (Å²) in [5, 5.41) is 15.0. The third-order valence-corrected chi connectivity index (χ3v) is 4.63. The molecule has 1 amide bonds. The molecule has 1 aromatic rings. The van der Waals surface area contributed by atoms with Gasteiger partial charge in [0.1, 0.15) is 6.61 Å². The normalized spacial score (nSPS) is 22.3. The zero-order chi connectivity index (χ0) is 16.9. The number of hydrogen-bond acceptors (Lipinski definition) is 4. The Balaban J connectivity index is 1.90. The van der Waals surface area contributed by atoms with Crippen molar-refractivity contribution in [1.82, 2.24) is 0 Å². The number of ether oxygens (including phenoxy) is 1. The van der Waals surface area contributed by atoms with Crippen LogP contribution in [0.2, 0.25) is 0 Å². The van der Waals surface area contributed by atoms with E-state index in [-0.39, 0.29) is 5.41 Å². The topological polar surface area (TPSA) is 70.6 Å². The lowest BCUT2D eigenvalue weighted by Crippen LogP contribution is -2.58. The number of amides is 1. The van der Waals surface area contributed by atoms with Gasteiger partial charge in [0, 0.05) is 29.4 Å². The SMILES string of the molecule is CCCCOC1CC(Nc2cccc(NC(=O)CO)c2)C1(C)C. The largest absolute Gasteiger partial charge is 0.387 e. The van der Waals surface area contributed by atoms with E-state index in [1.165, 1.54) is 0 Å². The van der Waals surface area contributed by atoms with Crippen molar-refractivity contribution in [2.45, 2.75) is 52.2 Å². The maximum absolute atomic E-state index is 11.3. The lowest BCUT2D eigenvalue weighted by molar-refractivity contribution is -0.118. The molecular weight excluding hydrogens is 292 g/mol. The molecule has 1 aromatic carbocycles. The number of hydrogen-bond donors (Lipinski definition) is 3. The summed E-state index contributed by atoms with van der Waals surface area (Å²) in [5.41, 5.74) is 1.73. The molecule has 5 nitrogen and oxygen atoms in total. The number of anilines is 2. The van der Waals surface area contributed by atoms with Crippen molar-refractivity contribution in [2.24, 2.45) is 5.41 Å². The molecule has 1 saturated carbocycles. The number of unbranched alkanes of at least 4 members (excludes halogenated alkanes) is 1. The first-order chi connectivity index (χ1) is 11.0. The van der Waals surface area contributed by atoms with Gasteiger partial charge in [0.15, 0.2) is 0 Å². The van der Waals surface area contributed by atoms with E-state index in [0.29, 0.717) is 17.8 Å². The third-order valence-electron chi connectivity index (χ3n) is 4.63. The predicted octanol–water partition coefficient (Wildman–Crippen LogP) is 3.01. The fourth-order valence-electron chi connectivity index (χ4n) is 2.87. The zero-order valence-electron chi connectivity index (χ0n) is 14.3. The van der Waals surface area contributed by atoms with Crippen LogP contribution < -0.4 is 10.6 Å². The van der Waals surface area contributed by atoms with E-state index in [4.69, 9.17) is 9.84 Å². The van der Waals surface area contributed by atoms with Crippen molar-refractivity contribution in [3.05, 3.63) is 24.3 Å². The Morgan fingerprint density at radius 1 is 1.39 bits per heavy atom. The number of benzene rings is 1. The van der Waals surface area contributed by atoms with Gasteiger partial charge in [0.25, 0.3) is 0 Å². The Morgan fingerprint density at radius 3 is 2.78 bits per heavy atom. The average molecular weight is 320 g/mol. The highest BCUT2D eigenvalue weighted by molar-refractivity contribution is 5.91. The quantitative estimate of drug-likeness (QED) is 0.644. The molecule has 0 heterocycles. The zero-order valence-corrected chi connectivity index (χ0v) is 14.3. The van der Waals surface area contributed by atoms with Gasteiger partial charge in [-0.05, 0) is 31.0 Å². The van der Waals surface area contributed by atoms with Crippen LogP contribution in [0.5, 0.6) is 0 Å². The molecule has 1 aliphatic carbocycles. The van der Waals surface area contributed by atoms with Crippen molar-refractivity contribution in [3.8, 4) is 0 Å². The fourth-order valence-corrected chi connectivity index (χ4v) is 2.87. The smallest absolute Gasteiger partial charge is 0.250 e. The molecule has 2 unspecified atom stereocenters. The van der Waals surface area contributed by atoms with Crippen LogP contribution in [0.15, 0.2) is 24.3 Å². The number of nitrogens with one attached hydrogen (secondary N) is 2. The Hall–Kier alpha value is -1.59. The van der Waals surface area contributed by atoms with Gasteiger partial charge in [-0.15, -0.1) is 0 Å². The van der Waals surface area contributed by atoms with Crippen molar-refractivity contribution >= 4 is 17.3 Å². The number of carbonyl (C=O) groups excluding carboxylic acids is 1. The maximum atomic E-state index is 11.3. The van der Waals surface area contributed by atoms with Crippen molar-refractivity contribution in [1.29, 1.82) is 0 Å². The minimum atomic E-state index is -0.510. The first-order valence-electron chi connectivity index (χ1n) is 8.36. The molecule has 1 fully saturated rings. The molecule has 2 atom stereocenters. The van der Waals surface area contributed by atoms with Crippen molar-refractivity contribution < 1.29 is 14.6 Å². The molecular formula is C18H28N2O3. The van der Waals surface area contributed by atoms with Crippen LogP contribution in [0, 0.1) is 5.41 Å². The van der Waals surface area contributed by atoms with Crippen LogP contribution in [-0.4, -0.2) is 36.4 Å². The van der Waals surface area contributed by atoms with Crippen LogP contribution in [-0.2, 0) is 9.53 Å². The summed E-state index contributed by atoms with van der Waals surface area (Å²) in [4.78, 5) is 11.3. The van der Waals surface area contributed by atoms with E-state index in [9.17, 15) is 4.79 Å². The van der Waals surface area contributed by atoms with Crippen LogP contribution in [0.3, 0.4) is 0 Å². The molecule has 0 radical (unpaired) electrons. The highest BCUT2D eigenvalue weighted by Gasteiger charge is 2.48. The van der Waals surface area contributed by atoms with Crippen LogP contribution in [0.4, 0.5) is 11.4 Å². The first-order valence-corrected chi connectivity index (χ1v) is 8.36. The molecule has 0 aromatic heterocycles. The molecule has 128 valence electrons. The number of carbonyl (C=O) groups is 1. The second-order valence-corrected chi connectivity index (χ2v) is 6.75. The van der Waals surface area contributed by atoms with E-state index >= 15 is 0 Å². The van der Waals surface area contributed by atoms with Gasteiger partial charge in [-0.2, -0.15) is 0 Å². The molecule has 0 saturated heterocycles. The summed E-state index contributed by atoms with van der Waals surface area (Å²) in [7, 11) is 0. The molecule has 2 rings (SSSR count). The summed E-state index contributed by atoms with van der Waals surface area (Å²) >= 11 is 0. The minimum Gasteiger partial charge on any atom is -0.387 e. The molecule has 1 aliphatic rings. The lowest BCUT2D eigenvalue weighted by atomic mass is 9.64.